The number of amides is 1. The number of nitrogens with two attached hydrogens (primary N) is 1. The quantitative estimate of drug-likeness (QED) is 0.892. The lowest BCUT2D eigenvalue weighted by Gasteiger charge is -2.34. The highest BCUT2D eigenvalue weighted by Gasteiger charge is 2.24. The molecular weight excluding hydrogens is 290 g/mol. The number of carbonyl (C=O) groups is 1. The Bertz CT molecular complexity index is 510. The maximum Gasteiger partial charge on any atom is 0.238 e. The van der Waals surface area contributed by atoms with E-state index in [-0.39, 0.29) is 11.9 Å². The lowest BCUT2D eigenvalue weighted by atomic mass is 9.94. The second-order valence-electron chi connectivity index (χ2n) is 5.56. The summed E-state index contributed by atoms with van der Waals surface area (Å²) in [4.78, 5) is 14.2. The van der Waals surface area contributed by atoms with E-state index in [1.165, 1.54) is 0 Å². The molecule has 0 spiro atoms. The molecule has 1 aromatic carbocycles. The Balaban J connectivity index is 1.88. The summed E-state index contributed by atoms with van der Waals surface area (Å²) in [5, 5.41) is 3.32. The van der Waals surface area contributed by atoms with E-state index in [9.17, 15) is 4.79 Å². The number of ether oxygens (including phenoxy) is 1. The van der Waals surface area contributed by atoms with Gasteiger partial charge in [0, 0.05) is 18.3 Å². The third-order valence-electron chi connectivity index (χ3n) is 3.90. The van der Waals surface area contributed by atoms with E-state index >= 15 is 0 Å². The summed E-state index contributed by atoms with van der Waals surface area (Å²) in [6.07, 6.45) is 1.03. The number of hydrogen-bond donors (Lipinski definition) is 2. The van der Waals surface area contributed by atoms with Gasteiger partial charge < -0.3 is 15.8 Å². The highest BCUT2D eigenvalue weighted by Crippen LogP contribution is 2.27. The number of nitrogens with zero attached hydrogens (tertiary/aromatic N) is 1. The average molecular weight is 312 g/mol. The van der Waals surface area contributed by atoms with Crippen molar-refractivity contribution in [2.45, 2.75) is 19.4 Å². The maximum absolute atomic E-state index is 12.1. The first-order valence-electron chi connectivity index (χ1n) is 7.11. The fourth-order valence-electron chi connectivity index (χ4n) is 2.46. The van der Waals surface area contributed by atoms with Crippen molar-refractivity contribution >= 4 is 23.2 Å². The normalized spacial score (nSPS) is 22.9. The fraction of sp³-hybridized carbons (Fsp3) is 0.533. The van der Waals surface area contributed by atoms with Gasteiger partial charge in [-0.25, -0.2) is 0 Å². The summed E-state index contributed by atoms with van der Waals surface area (Å²) in [6.45, 7) is 4.18. The number of likely N-dealkylation sites (tertiary alicyclic amines) is 1. The van der Waals surface area contributed by atoms with E-state index in [1.807, 2.05) is 0 Å². The van der Waals surface area contributed by atoms with E-state index in [0.717, 1.165) is 19.5 Å². The number of benzene rings is 1. The number of methoxy groups -OCH3 is 1. The third-order valence-corrected chi connectivity index (χ3v) is 4.20. The Morgan fingerprint density at radius 2 is 2.33 bits per heavy atom. The van der Waals surface area contributed by atoms with Crippen LogP contribution in [0.5, 0.6) is 5.75 Å². The smallest absolute Gasteiger partial charge is 0.238 e. The number of halogens is 1. The second-order valence-corrected chi connectivity index (χ2v) is 5.97. The van der Waals surface area contributed by atoms with Gasteiger partial charge >= 0.3 is 0 Å². The minimum atomic E-state index is -0.0574. The summed E-state index contributed by atoms with van der Waals surface area (Å²) >= 11 is 6.04. The molecule has 0 aromatic heterocycles. The van der Waals surface area contributed by atoms with Crippen molar-refractivity contribution in [2.24, 2.45) is 11.7 Å². The minimum absolute atomic E-state index is 0.0574. The molecule has 1 amide bonds. The molecule has 1 heterocycles. The van der Waals surface area contributed by atoms with Gasteiger partial charge in [-0.15, -0.1) is 0 Å². The van der Waals surface area contributed by atoms with Crippen molar-refractivity contribution in [3.05, 3.63) is 23.2 Å². The molecule has 2 rings (SSSR count). The van der Waals surface area contributed by atoms with Gasteiger partial charge in [0.15, 0.2) is 0 Å². The van der Waals surface area contributed by atoms with Gasteiger partial charge in [0.2, 0.25) is 5.91 Å². The van der Waals surface area contributed by atoms with Gasteiger partial charge in [-0.1, -0.05) is 18.5 Å². The highest BCUT2D eigenvalue weighted by atomic mass is 35.5. The number of anilines is 1. The lowest BCUT2D eigenvalue weighted by Crippen LogP contribution is -2.49. The van der Waals surface area contributed by atoms with Crippen LogP contribution in [0, 0.1) is 5.92 Å². The van der Waals surface area contributed by atoms with Crippen LogP contribution in [0.15, 0.2) is 18.2 Å². The van der Waals surface area contributed by atoms with Crippen LogP contribution >= 0.6 is 11.6 Å². The van der Waals surface area contributed by atoms with E-state index < -0.39 is 0 Å². The topological polar surface area (TPSA) is 67.6 Å². The molecule has 6 heteroatoms. The minimum Gasteiger partial charge on any atom is -0.495 e. The molecule has 1 aromatic rings. The number of nitrogens with one attached hydrogen (secondary N) is 1. The van der Waals surface area contributed by atoms with E-state index in [4.69, 9.17) is 22.1 Å². The van der Waals surface area contributed by atoms with Gasteiger partial charge in [0.05, 0.1) is 18.7 Å². The van der Waals surface area contributed by atoms with Crippen molar-refractivity contribution in [2.75, 3.05) is 32.1 Å². The zero-order valence-electron chi connectivity index (χ0n) is 12.4. The average Bonchev–Trinajstić information content (AvgIpc) is 2.43. The summed E-state index contributed by atoms with van der Waals surface area (Å²) in [5.74, 6) is 1.05. The zero-order valence-corrected chi connectivity index (χ0v) is 13.2. The van der Waals surface area contributed by atoms with Gasteiger partial charge in [-0.3, -0.25) is 9.69 Å². The zero-order chi connectivity index (χ0) is 15.4. The van der Waals surface area contributed by atoms with Crippen LogP contribution in [0.3, 0.4) is 0 Å². The Labute approximate surface area is 130 Å². The second kappa shape index (κ2) is 7.11. The maximum atomic E-state index is 12.1. The summed E-state index contributed by atoms with van der Waals surface area (Å²) < 4.78 is 5.08. The van der Waals surface area contributed by atoms with Gasteiger partial charge in [-0.05, 0) is 37.1 Å². The molecule has 0 saturated carbocycles. The Morgan fingerprint density at radius 1 is 1.57 bits per heavy atom. The van der Waals surface area contributed by atoms with Gasteiger partial charge in [0.1, 0.15) is 5.75 Å². The first-order valence-corrected chi connectivity index (χ1v) is 7.48. The molecule has 5 nitrogen and oxygen atoms in total. The molecular formula is C15H22ClN3O2. The SMILES string of the molecule is COc1ccc(NC(=O)CN2CCC(C)C(N)C2)cc1Cl. The molecule has 1 saturated heterocycles. The molecule has 2 atom stereocenters. The molecule has 0 radical (unpaired) electrons. The largest absolute Gasteiger partial charge is 0.495 e. The van der Waals surface area contributed by atoms with Gasteiger partial charge in [-0.2, -0.15) is 0 Å². The van der Waals surface area contributed by atoms with Crippen molar-refractivity contribution in [3.63, 3.8) is 0 Å². The molecule has 0 aliphatic carbocycles. The monoisotopic (exact) mass is 311 g/mol. The predicted octanol–water partition coefficient (Wildman–Crippen LogP) is 1.96. The third kappa shape index (κ3) is 4.33. The number of rotatable bonds is 4. The van der Waals surface area contributed by atoms with E-state index in [0.29, 0.717) is 28.9 Å². The van der Waals surface area contributed by atoms with Crippen LogP contribution in [-0.2, 0) is 4.79 Å². The predicted molar refractivity (Wildman–Crippen MR) is 84.8 cm³/mol. The highest BCUT2D eigenvalue weighted by molar-refractivity contribution is 6.32. The van der Waals surface area contributed by atoms with Crippen LogP contribution in [-0.4, -0.2) is 43.6 Å². The lowest BCUT2D eigenvalue weighted by molar-refractivity contribution is -0.117. The van der Waals surface area contributed by atoms with E-state index in [2.05, 4.69) is 17.1 Å². The van der Waals surface area contributed by atoms with Crippen molar-refractivity contribution in [1.82, 2.24) is 4.90 Å². The molecule has 1 aliphatic heterocycles. The van der Waals surface area contributed by atoms with Crippen molar-refractivity contribution in [1.29, 1.82) is 0 Å². The van der Waals surface area contributed by atoms with Crippen molar-refractivity contribution < 1.29 is 9.53 Å². The van der Waals surface area contributed by atoms with Crippen LogP contribution in [0.25, 0.3) is 0 Å². The van der Waals surface area contributed by atoms with Gasteiger partial charge in [0.25, 0.3) is 0 Å². The molecule has 1 aliphatic rings. The van der Waals surface area contributed by atoms with Crippen LogP contribution in [0.2, 0.25) is 5.02 Å². The molecule has 3 N–H and O–H groups in total. The van der Waals surface area contributed by atoms with E-state index in [1.54, 1.807) is 25.3 Å². The Morgan fingerprint density at radius 3 is 2.95 bits per heavy atom. The molecule has 21 heavy (non-hydrogen) atoms. The molecule has 2 unspecified atom stereocenters. The van der Waals surface area contributed by atoms with Crippen LogP contribution in [0.1, 0.15) is 13.3 Å². The standard InChI is InChI=1S/C15H22ClN3O2/c1-10-5-6-19(8-13(10)17)9-15(20)18-11-3-4-14(21-2)12(16)7-11/h3-4,7,10,13H,5-6,8-9,17H2,1-2H3,(H,18,20). The molecule has 1 fully saturated rings. The number of piperidine rings is 1. The van der Waals surface area contributed by atoms with Crippen LogP contribution < -0.4 is 15.8 Å². The molecule has 116 valence electrons. The first-order chi connectivity index (χ1) is 9.99. The first kappa shape index (κ1) is 16.1. The Kier molecular flexibility index (Phi) is 5.45. The molecule has 0 bridgehead atoms. The number of hydrogen-bond acceptors (Lipinski definition) is 4. The Hall–Kier alpha value is -1.30. The van der Waals surface area contributed by atoms with Crippen molar-refractivity contribution in [3.8, 4) is 5.75 Å². The summed E-state index contributed by atoms with van der Waals surface area (Å²) in [7, 11) is 1.56. The summed E-state index contributed by atoms with van der Waals surface area (Å²) in [5.41, 5.74) is 6.71. The number of carbonyl (C=O) groups excluding carboxylic acids is 1. The van der Waals surface area contributed by atoms with Crippen LogP contribution in [0.4, 0.5) is 5.69 Å². The summed E-state index contributed by atoms with van der Waals surface area (Å²) in [6, 6.07) is 5.33. The fourth-order valence-corrected chi connectivity index (χ4v) is 2.72.